The quantitative estimate of drug-likeness (QED) is 0.470. The molecular weight excluding hydrogens is 487 g/mol. The summed E-state index contributed by atoms with van der Waals surface area (Å²) in [6, 6.07) is 1.52. The Hall–Kier alpha value is -1.95. The highest BCUT2D eigenvalue weighted by molar-refractivity contribution is 9.10. The molecule has 0 bridgehead atoms. The highest BCUT2D eigenvalue weighted by atomic mass is 79.9. The van der Waals surface area contributed by atoms with E-state index in [1.165, 1.54) is 19.1 Å². The van der Waals surface area contributed by atoms with E-state index >= 15 is 0 Å². The Balaban J connectivity index is 2.04. The van der Waals surface area contributed by atoms with Crippen LogP contribution in [0.25, 0.3) is 10.9 Å². The van der Waals surface area contributed by atoms with E-state index in [9.17, 15) is 14.3 Å². The van der Waals surface area contributed by atoms with Gasteiger partial charge in [-0.3, -0.25) is 0 Å². The monoisotopic (exact) mass is 506 g/mol. The molecule has 1 atom stereocenters. The molecule has 1 fully saturated rings. The van der Waals surface area contributed by atoms with E-state index in [1.807, 2.05) is 4.90 Å². The van der Waals surface area contributed by atoms with Gasteiger partial charge in [0.1, 0.15) is 17.4 Å². The number of amides is 1. The van der Waals surface area contributed by atoms with Crippen molar-refractivity contribution in [2.24, 2.45) is 0 Å². The van der Waals surface area contributed by atoms with Gasteiger partial charge in [0, 0.05) is 45.8 Å². The van der Waals surface area contributed by atoms with Gasteiger partial charge in [0.25, 0.3) is 0 Å². The van der Waals surface area contributed by atoms with E-state index in [2.05, 4.69) is 25.9 Å². The standard InChI is InChI=1S/C18H21BrClFN4O5/c1-9(16(28-2)29-3)30-17-22-14-10(8-11(20)12(19)13(14)21)15(23-17)24-4-6-25(7-5-24)18(26)27/h8-9,16H,4-7H2,1-3H3,(H,26,27). The maximum atomic E-state index is 15.0. The third-order valence-corrected chi connectivity index (χ3v) is 6.08. The predicted molar refractivity (Wildman–Crippen MR) is 112 cm³/mol. The lowest BCUT2D eigenvalue weighted by atomic mass is 10.2. The fourth-order valence-corrected chi connectivity index (χ4v) is 3.74. The molecule has 0 spiro atoms. The van der Waals surface area contributed by atoms with Gasteiger partial charge in [0.15, 0.2) is 12.1 Å². The van der Waals surface area contributed by atoms with Crippen LogP contribution >= 0.6 is 27.5 Å². The minimum Gasteiger partial charge on any atom is -0.465 e. The molecule has 1 amide bonds. The summed E-state index contributed by atoms with van der Waals surface area (Å²) in [5, 5.41) is 9.76. The van der Waals surface area contributed by atoms with Crippen LogP contribution in [0.1, 0.15) is 6.92 Å². The Morgan fingerprint density at radius 1 is 1.27 bits per heavy atom. The van der Waals surface area contributed by atoms with Crippen molar-refractivity contribution in [1.29, 1.82) is 0 Å². The number of benzene rings is 1. The molecule has 1 aromatic heterocycles. The van der Waals surface area contributed by atoms with Crippen LogP contribution in [-0.4, -0.2) is 78.9 Å². The Labute approximate surface area is 185 Å². The summed E-state index contributed by atoms with van der Waals surface area (Å²) in [5.41, 5.74) is 0.0329. The lowest BCUT2D eigenvalue weighted by Crippen LogP contribution is -2.48. The number of ether oxygens (including phenoxy) is 3. The number of methoxy groups -OCH3 is 2. The number of rotatable bonds is 6. The smallest absolute Gasteiger partial charge is 0.407 e. The Kier molecular flexibility index (Phi) is 7.17. The molecule has 1 aliphatic rings. The number of hydrogen-bond acceptors (Lipinski definition) is 7. The number of nitrogens with zero attached hydrogens (tertiary/aromatic N) is 4. The molecule has 1 aliphatic heterocycles. The number of fused-ring (bicyclic) bond motifs is 1. The molecule has 0 radical (unpaired) electrons. The molecular formula is C18H21BrClFN4O5. The maximum Gasteiger partial charge on any atom is 0.407 e. The van der Waals surface area contributed by atoms with E-state index in [0.717, 1.165) is 0 Å². The summed E-state index contributed by atoms with van der Waals surface area (Å²) < 4.78 is 31.2. The van der Waals surface area contributed by atoms with Crippen LogP contribution in [0.4, 0.5) is 15.0 Å². The van der Waals surface area contributed by atoms with Gasteiger partial charge < -0.3 is 29.1 Å². The van der Waals surface area contributed by atoms with Crippen LogP contribution in [0, 0.1) is 5.82 Å². The van der Waals surface area contributed by atoms with Gasteiger partial charge >= 0.3 is 12.1 Å². The fraction of sp³-hybridized carbons (Fsp3) is 0.500. The first-order chi connectivity index (χ1) is 14.3. The Morgan fingerprint density at radius 2 is 1.90 bits per heavy atom. The third kappa shape index (κ3) is 4.53. The minimum absolute atomic E-state index is 0.0329. The summed E-state index contributed by atoms with van der Waals surface area (Å²) >= 11 is 9.29. The first-order valence-corrected chi connectivity index (χ1v) is 10.2. The number of hydrogen-bond donors (Lipinski definition) is 1. The van der Waals surface area contributed by atoms with Gasteiger partial charge in [0.2, 0.25) is 0 Å². The highest BCUT2D eigenvalue weighted by Crippen LogP contribution is 2.36. The molecule has 1 unspecified atom stereocenters. The van der Waals surface area contributed by atoms with Crippen LogP contribution in [0.2, 0.25) is 5.02 Å². The van der Waals surface area contributed by atoms with Crippen molar-refractivity contribution in [3.63, 3.8) is 0 Å². The lowest BCUT2D eigenvalue weighted by molar-refractivity contribution is -0.152. The molecule has 1 saturated heterocycles. The molecule has 2 aromatic rings. The average molecular weight is 508 g/mol. The summed E-state index contributed by atoms with van der Waals surface area (Å²) in [4.78, 5) is 23.1. The molecule has 30 heavy (non-hydrogen) atoms. The van der Waals surface area contributed by atoms with Crippen LogP contribution in [0.15, 0.2) is 10.5 Å². The summed E-state index contributed by atoms with van der Waals surface area (Å²) in [6.07, 6.45) is -2.23. The van der Waals surface area contributed by atoms with Crippen molar-refractivity contribution in [3.8, 4) is 6.01 Å². The van der Waals surface area contributed by atoms with E-state index in [0.29, 0.717) is 24.3 Å². The van der Waals surface area contributed by atoms with E-state index < -0.39 is 24.3 Å². The van der Waals surface area contributed by atoms with Crippen LogP contribution in [0.5, 0.6) is 6.01 Å². The van der Waals surface area contributed by atoms with E-state index in [1.54, 1.807) is 13.0 Å². The minimum atomic E-state index is -0.983. The van der Waals surface area contributed by atoms with Crippen molar-refractivity contribution in [2.45, 2.75) is 19.3 Å². The predicted octanol–water partition coefficient (Wildman–Crippen LogP) is 3.37. The molecule has 2 heterocycles. The highest BCUT2D eigenvalue weighted by Gasteiger charge is 2.27. The number of aromatic nitrogens is 2. The SMILES string of the molecule is COC(OC)C(C)Oc1nc(N2CCN(C(=O)O)CC2)c2cc(Cl)c(Br)c(F)c2n1. The number of halogens is 3. The molecule has 12 heteroatoms. The van der Waals surface area contributed by atoms with Crippen molar-refractivity contribution in [2.75, 3.05) is 45.3 Å². The zero-order valence-electron chi connectivity index (χ0n) is 16.6. The third-order valence-electron chi connectivity index (χ3n) is 4.78. The van der Waals surface area contributed by atoms with Crippen molar-refractivity contribution in [3.05, 3.63) is 21.4 Å². The number of anilines is 1. The summed E-state index contributed by atoms with van der Waals surface area (Å²) in [5.74, 6) is -0.232. The Morgan fingerprint density at radius 3 is 2.47 bits per heavy atom. The molecule has 3 rings (SSSR count). The second kappa shape index (κ2) is 9.46. The largest absolute Gasteiger partial charge is 0.465 e. The zero-order chi connectivity index (χ0) is 22.0. The van der Waals surface area contributed by atoms with Gasteiger partial charge in [-0.2, -0.15) is 9.97 Å². The molecule has 164 valence electrons. The van der Waals surface area contributed by atoms with Crippen LogP contribution in [0.3, 0.4) is 0 Å². The normalized spacial score (nSPS) is 15.7. The first-order valence-electron chi connectivity index (χ1n) is 9.07. The van der Waals surface area contributed by atoms with Gasteiger partial charge in [-0.15, -0.1) is 0 Å². The van der Waals surface area contributed by atoms with Crippen molar-refractivity contribution >= 4 is 50.3 Å². The summed E-state index contributed by atoms with van der Waals surface area (Å²) in [6.45, 7) is 3.04. The van der Waals surface area contributed by atoms with Crippen molar-refractivity contribution < 1.29 is 28.5 Å². The van der Waals surface area contributed by atoms with Gasteiger partial charge in [-0.05, 0) is 28.9 Å². The second-order valence-electron chi connectivity index (χ2n) is 6.63. The van der Waals surface area contributed by atoms with E-state index in [4.69, 9.17) is 25.8 Å². The number of carbonyl (C=O) groups is 1. The fourth-order valence-electron chi connectivity index (χ4n) is 3.24. The zero-order valence-corrected chi connectivity index (χ0v) is 18.9. The molecule has 1 N–H and O–H groups in total. The second-order valence-corrected chi connectivity index (χ2v) is 7.83. The average Bonchev–Trinajstić information content (AvgIpc) is 2.73. The first kappa shape index (κ1) is 22.7. The molecule has 0 saturated carbocycles. The van der Waals surface area contributed by atoms with Gasteiger partial charge in [-0.1, -0.05) is 11.6 Å². The van der Waals surface area contributed by atoms with Crippen LogP contribution in [-0.2, 0) is 9.47 Å². The number of carboxylic acid groups (broad SMARTS) is 1. The lowest BCUT2D eigenvalue weighted by Gasteiger charge is -2.34. The molecule has 0 aliphatic carbocycles. The summed E-state index contributed by atoms with van der Waals surface area (Å²) in [7, 11) is 2.95. The van der Waals surface area contributed by atoms with Gasteiger partial charge in [0.05, 0.1) is 9.50 Å². The Bertz CT molecular complexity index is 941. The maximum absolute atomic E-state index is 15.0. The topological polar surface area (TPSA) is 97.2 Å². The van der Waals surface area contributed by atoms with Crippen molar-refractivity contribution in [1.82, 2.24) is 14.9 Å². The molecule has 1 aromatic carbocycles. The van der Waals surface area contributed by atoms with E-state index in [-0.39, 0.29) is 34.1 Å². The number of piperazine rings is 1. The van der Waals surface area contributed by atoms with Gasteiger partial charge in [-0.25, -0.2) is 9.18 Å². The molecule has 9 nitrogen and oxygen atoms in total. The van der Waals surface area contributed by atoms with Crippen LogP contribution < -0.4 is 9.64 Å².